The molecule has 5 nitrogen and oxygen atoms in total. The number of nitrogens with one attached hydrogen (secondary N) is 1. The second-order valence-electron chi connectivity index (χ2n) is 7.86. The molecule has 0 radical (unpaired) electrons. The van der Waals surface area contributed by atoms with Gasteiger partial charge in [0.25, 0.3) is 5.78 Å². The fraction of sp³-hybridized carbons (Fsp3) is 0.227. The van der Waals surface area contributed by atoms with Gasteiger partial charge in [-0.1, -0.05) is 57.2 Å². The number of hydrogen-bond acceptors (Lipinski definition) is 4. The molecule has 0 saturated carbocycles. The predicted octanol–water partition coefficient (Wildman–Crippen LogP) is 5.28. The lowest BCUT2D eigenvalue weighted by molar-refractivity contribution is 0.590. The van der Waals surface area contributed by atoms with Crippen molar-refractivity contribution in [3.05, 3.63) is 71.7 Å². The normalized spacial score (nSPS) is 11.8. The molecule has 4 rings (SSSR count). The second-order valence-corrected chi connectivity index (χ2v) is 7.86. The minimum atomic E-state index is -0.330. The van der Waals surface area contributed by atoms with Crippen molar-refractivity contribution in [1.29, 1.82) is 0 Å². The van der Waals surface area contributed by atoms with E-state index in [2.05, 4.69) is 53.3 Å². The van der Waals surface area contributed by atoms with E-state index >= 15 is 0 Å². The lowest BCUT2D eigenvalue weighted by atomic mass is 9.87. The lowest BCUT2D eigenvalue weighted by Gasteiger charge is -2.18. The first-order valence-electron chi connectivity index (χ1n) is 9.18. The first-order valence-corrected chi connectivity index (χ1v) is 9.18. The van der Waals surface area contributed by atoms with Crippen molar-refractivity contribution in [1.82, 2.24) is 19.6 Å². The van der Waals surface area contributed by atoms with Crippen molar-refractivity contribution in [3.8, 4) is 11.4 Å². The summed E-state index contributed by atoms with van der Waals surface area (Å²) in [6, 6.07) is 16.6. The van der Waals surface area contributed by atoms with Gasteiger partial charge in [0.2, 0.25) is 0 Å². The number of benzene rings is 2. The van der Waals surface area contributed by atoms with Gasteiger partial charge in [-0.15, -0.1) is 5.10 Å². The number of halogens is 1. The van der Waals surface area contributed by atoms with Crippen molar-refractivity contribution in [3.63, 3.8) is 0 Å². The Morgan fingerprint density at radius 2 is 1.68 bits per heavy atom. The van der Waals surface area contributed by atoms with Gasteiger partial charge >= 0.3 is 0 Å². The largest absolute Gasteiger partial charge is 0.338 e. The Labute approximate surface area is 163 Å². The van der Waals surface area contributed by atoms with Gasteiger partial charge in [-0.2, -0.15) is 9.50 Å². The number of anilines is 2. The molecule has 2 aromatic carbocycles. The van der Waals surface area contributed by atoms with Crippen molar-refractivity contribution >= 4 is 17.3 Å². The van der Waals surface area contributed by atoms with Crippen LogP contribution in [0.5, 0.6) is 0 Å². The monoisotopic (exact) mass is 375 g/mol. The second kappa shape index (κ2) is 6.71. The van der Waals surface area contributed by atoms with Gasteiger partial charge < -0.3 is 5.32 Å². The Hall–Kier alpha value is -3.28. The zero-order valence-electron chi connectivity index (χ0n) is 16.4. The van der Waals surface area contributed by atoms with Crippen LogP contribution in [-0.4, -0.2) is 19.6 Å². The van der Waals surface area contributed by atoms with Crippen LogP contribution in [0.25, 0.3) is 17.2 Å². The number of para-hydroxylation sites is 1. The van der Waals surface area contributed by atoms with E-state index in [-0.39, 0.29) is 11.2 Å². The number of hydrogen-bond donors (Lipinski definition) is 1. The molecule has 142 valence electrons. The van der Waals surface area contributed by atoms with E-state index in [1.807, 2.05) is 25.1 Å². The Bertz CT molecular complexity index is 1140. The minimum Gasteiger partial charge on any atom is -0.338 e. The van der Waals surface area contributed by atoms with E-state index < -0.39 is 0 Å². The van der Waals surface area contributed by atoms with Crippen molar-refractivity contribution in [2.75, 3.05) is 5.32 Å². The van der Waals surface area contributed by atoms with Crippen molar-refractivity contribution in [2.24, 2.45) is 0 Å². The summed E-state index contributed by atoms with van der Waals surface area (Å²) in [7, 11) is 0. The average Bonchev–Trinajstić information content (AvgIpc) is 3.07. The van der Waals surface area contributed by atoms with Gasteiger partial charge in [-0.05, 0) is 30.0 Å². The first kappa shape index (κ1) is 18.1. The van der Waals surface area contributed by atoms with Crippen LogP contribution in [0.1, 0.15) is 32.0 Å². The molecule has 6 heteroatoms. The molecule has 1 N–H and O–H groups in total. The van der Waals surface area contributed by atoms with E-state index in [1.54, 1.807) is 22.7 Å². The fourth-order valence-electron chi connectivity index (χ4n) is 3.02. The van der Waals surface area contributed by atoms with Gasteiger partial charge in [0.05, 0.1) is 5.69 Å². The average molecular weight is 375 g/mol. The molecule has 0 aliphatic heterocycles. The van der Waals surface area contributed by atoms with Crippen LogP contribution in [0.15, 0.2) is 54.6 Å². The predicted molar refractivity (Wildman–Crippen MR) is 109 cm³/mol. The highest BCUT2D eigenvalue weighted by atomic mass is 19.1. The summed E-state index contributed by atoms with van der Waals surface area (Å²) < 4.78 is 15.7. The number of aromatic nitrogens is 4. The third-order valence-electron chi connectivity index (χ3n) is 4.59. The van der Waals surface area contributed by atoms with Crippen LogP contribution in [-0.2, 0) is 5.41 Å². The summed E-state index contributed by atoms with van der Waals surface area (Å²) in [5.74, 6) is 1.32. The molecule has 0 atom stereocenters. The van der Waals surface area contributed by atoms with Crippen LogP contribution in [0.2, 0.25) is 0 Å². The third kappa shape index (κ3) is 3.45. The molecule has 0 spiro atoms. The third-order valence-corrected chi connectivity index (χ3v) is 4.59. The maximum atomic E-state index is 14.1. The highest BCUT2D eigenvalue weighted by Crippen LogP contribution is 2.26. The highest BCUT2D eigenvalue weighted by molar-refractivity contribution is 5.62. The van der Waals surface area contributed by atoms with Gasteiger partial charge in [0.1, 0.15) is 11.6 Å². The lowest BCUT2D eigenvalue weighted by Crippen LogP contribution is -2.10. The van der Waals surface area contributed by atoms with Crippen LogP contribution >= 0.6 is 0 Å². The molecule has 4 aromatic rings. The quantitative estimate of drug-likeness (QED) is 0.529. The van der Waals surface area contributed by atoms with Crippen LogP contribution in [0.3, 0.4) is 0 Å². The van der Waals surface area contributed by atoms with Gasteiger partial charge in [-0.25, -0.2) is 9.37 Å². The summed E-state index contributed by atoms with van der Waals surface area (Å²) in [4.78, 5) is 9.03. The molecular formula is C22H22FN5. The number of aryl methyl sites for hydroxylation is 1. The SMILES string of the molecule is Cc1cc(Nc2ccccc2F)n2nc(-c3ccc(C(C)(C)C)cc3)nc2n1. The molecular weight excluding hydrogens is 353 g/mol. The van der Waals surface area contributed by atoms with E-state index in [0.29, 0.717) is 23.1 Å². The topological polar surface area (TPSA) is 55.1 Å². The maximum Gasteiger partial charge on any atom is 0.254 e. The summed E-state index contributed by atoms with van der Waals surface area (Å²) >= 11 is 0. The summed E-state index contributed by atoms with van der Waals surface area (Å²) in [5, 5.41) is 7.70. The maximum absolute atomic E-state index is 14.1. The van der Waals surface area contributed by atoms with E-state index in [9.17, 15) is 4.39 Å². The van der Waals surface area contributed by atoms with Crippen LogP contribution in [0.4, 0.5) is 15.9 Å². The van der Waals surface area contributed by atoms with Gasteiger partial charge in [-0.3, -0.25) is 0 Å². The summed E-state index contributed by atoms with van der Waals surface area (Å²) in [6.45, 7) is 8.41. The molecule has 0 bridgehead atoms. The van der Waals surface area contributed by atoms with Gasteiger partial charge in [0.15, 0.2) is 5.82 Å². The van der Waals surface area contributed by atoms with E-state index in [1.165, 1.54) is 11.6 Å². The number of fused-ring (bicyclic) bond motifs is 1. The minimum absolute atomic E-state index is 0.0837. The molecule has 2 heterocycles. The molecule has 0 saturated heterocycles. The number of nitrogens with zero attached hydrogens (tertiary/aromatic N) is 4. The molecule has 2 aromatic heterocycles. The molecule has 0 amide bonds. The molecule has 0 fully saturated rings. The Kier molecular flexibility index (Phi) is 4.34. The zero-order chi connectivity index (χ0) is 19.9. The number of rotatable bonds is 3. The van der Waals surface area contributed by atoms with Gasteiger partial charge in [0, 0.05) is 17.3 Å². The Morgan fingerprint density at radius 3 is 2.36 bits per heavy atom. The van der Waals surface area contributed by atoms with E-state index in [4.69, 9.17) is 0 Å². The zero-order valence-corrected chi connectivity index (χ0v) is 16.4. The highest BCUT2D eigenvalue weighted by Gasteiger charge is 2.16. The molecule has 28 heavy (non-hydrogen) atoms. The molecule has 0 aliphatic rings. The Balaban J connectivity index is 1.76. The Morgan fingerprint density at radius 1 is 0.964 bits per heavy atom. The summed E-state index contributed by atoms with van der Waals surface area (Å²) in [5.41, 5.74) is 3.39. The van der Waals surface area contributed by atoms with E-state index in [0.717, 1.165) is 11.3 Å². The van der Waals surface area contributed by atoms with Crippen LogP contribution < -0.4 is 5.32 Å². The summed E-state index contributed by atoms with van der Waals surface area (Å²) in [6.07, 6.45) is 0. The first-order chi connectivity index (χ1) is 13.3. The van der Waals surface area contributed by atoms with Crippen molar-refractivity contribution < 1.29 is 4.39 Å². The molecule has 0 aliphatic carbocycles. The smallest absolute Gasteiger partial charge is 0.254 e. The van der Waals surface area contributed by atoms with Crippen molar-refractivity contribution in [2.45, 2.75) is 33.1 Å². The fourth-order valence-corrected chi connectivity index (χ4v) is 3.02. The molecule has 0 unspecified atom stereocenters. The van der Waals surface area contributed by atoms with Crippen LogP contribution in [0, 0.1) is 12.7 Å². The standard InChI is InChI=1S/C22H22FN5/c1-14-13-19(25-18-8-6-5-7-17(18)23)28-21(24-14)26-20(27-28)15-9-11-16(12-10-15)22(2,3)4/h5-13,25H,1-4H3.